The Labute approximate surface area is 159 Å². The molecular weight excluding hydrogens is 354 g/mol. The second-order valence-corrected chi connectivity index (χ2v) is 7.71. The minimum atomic E-state index is -0.523. The van der Waals surface area contributed by atoms with Crippen molar-refractivity contribution in [2.24, 2.45) is 5.92 Å². The topological polar surface area (TPSA) is 54.0 Å². The zero-order chi connectivity index (χ0) is 18.9. The van der Waals surface area contributed by atoms with Gasteiger partial charge < -0.3 is 18.8 Å². The molecule has 0 atom stereocenters. The first kappa shape index (κ1) is 19.1. The van der Waals surface area contributed by atoms with Crippen LogP contribution in [0.1, 0.15) is 39.5 Å². The van der Waals surface area contributed by atoms with Crippen molar-refractivity contribution in [2.45, 2.75) is 51.2 Å². The van der Waals surface area contributed by atoms with Gasteiger partial charge in [0, 0.05) is 0 Å². The van der Waals surface area contributed by atoms with Crippen molar-refractivity contribution in [1.29, 1.82) is 0 Å². The summed E-state index contributed by atoms with van der Waals surface area (Å²) >= 11 is 6.40. The van der Waals surface area contributed by atoms with Gasteiger partial charge in [-0.05, 0) is 57.1 Å². The average Bonchev–Trinajstić information content (AvgIpc) is 2.89. The van der Waals surface area contributed by atoms with Gasteiger partial charge in [-0.3, -0.25) is 4.79 Å². The van der Waals surface area contributed by atoms with Crippen molar-refractivity contribution in [3.63, 3.8) is 0 Å². The Morgan fingerprint density at radius 2 is 2.00 bits per heavy atom. The molecule has 3 rings (SSSR count). The van der Waals surface area contributed by atoms with Crippen molar-refractivity contribution in [2.75, 3.05) is 7.11 Å². The standard InChI is InChI=1S/C19H24BClO5/c1-12-19(2,3)26-20(25-12)14-7-10-17(16(21)11-14)24-15-8-5-13(6-9-15)18(22)23-4/h7,10-11,13,15H,1,5-6,8-9H2,2-4H3/t13-,15+. The molecule has 0 unspecified atom stereocenters. The molecule has 1 aromatic rings. The second kappa shape index (κ2) is 7.53. The van der Waals surface area contributed by atoms with Crippen LogP contribution in [0.15, 0.2) is 30.5 Å². The Balaban J connectivity index is 1.61. The molecule has 1 saturated carbocycles. The van der Waals surface area contributed by atoms with Crippen molar-refractivity contribution >= 4 is 30.2 Å². The van der Waals surface area contributed by atoms with Gasteiger partial charge in [0.25, 0.3) is 0 Å². The molecule has 0 amide bonds. The fourth-order valence-corrected chi connectivity index (χ4v) is 3.52. The Bertz CT molecular complexity index is 697. The predicted octanol–water partition coefficient (Wildman–Crippen LogP) is 3.48. The van der Waals surface area contributed by atoms with E-state index in [-0.39, 0.29) is 18.0 Å². The van der Waals surface area contributed by atoms with E-state index >= 15 is 0 Å². The summed E-state index contributed by atoms with van der Waals surface area (Å²) in [6.45, 7) is 7.72. The number of hydrogen-bond acceptors (Lipinski definition) is 5. The van der Waals surface area contributed by atoms with E-state index in [1.165, 1.54) is 7.11 Å². The highest BCUT2D eigenvalue weighted by molar-refractivity contribution is 6.62. The van der Waals surface area contributed by atoms with Crippen LogP contribution in [-0.2, 0) is 18.8 Å². The number of methoxy groups -OCH3 is 1. The van der Waals surface area contributed by atoms with Crippen molar-refractivity contribution < 1.29 is 23.6 Å². The first-order valence-corrected chi connectivity index (χ1v) is 9.25. The maximum absolute atomic E-state index is 11.6. The van der Waals surface area contributed by atoms with E-state index < -0.39 is 12.7 Å². The first-order valence-electron chi connectivity index (χ1n) is 8.88. The third-order valence-corrected chi connectivity index (χ3v) is 5.35. The van der Waals surface area contributed by atoms with E-state index in [2.05, 4.69) is 6.58 Å². The van der Waals surface area contributed by atoms with Crippen LogP contribution in [0, 0.1) is 5.92 Å². The zero-order valence-corrected chi connectivity index (χ0v) is 16.2. The molecule has 0 bridgehead atoms. The molecule has 26 heavy (non-hydrogen) atoms. The van der Waals surface area contributed by atoms with Crippen molar-refractivity contribution in [3.8, 4) is 5.75 Å². The van der Waals surface area contributed by atoms with Gasteiger partial charge in [0.2, 0.25) is 0 Å². The smallest absolute Gasteiger partial charge is 0.534 e. The molecule has 2 fully saturated rings. The number of esters is 1. The van der Waals surface area contributed by atoms with E-state index in [1.807, 2.05) is 26.0 Å². The monoisotopic (exact) mass is 378 g/mol. The summed E-state index contributed by atoms with van der Waals surface area (Å²) in [5.41, 5.74) is 0.299. The molecule has 140 valence electrons. The lowest BCUT2D eigenvalue weighted by Gasteiger charge is -2.27. The largest absolute Gasteiger partial charge is 0.563 e. The predicted molar refractivity (Wildman–Crippen MR) is 101 cm³/mol. The molecule has 5 nitrogen and oxygen atoms in total. The number of halogens is 1. The number of hydrogen-bond donors (Lipinski definition) is 0. The lowest BCUT2D eigenvalue weighted by atomic mass is 9.79. The third-order valence-electron chi connectivity index (χ3n) is 5.05. The number of ether oxygens (including phenoxy) is 2. The summed E-state index contributed by atoms with van der Waals surface area (Å²) in [6, 6.07) is 5.53. The Hall–Kier alpha value is -1.66. The lowest BCUT2D eigenvalue weighted by molar-refractivity contribution is -0.147. The molecule has 0 radical (unpaired) electrons. The number of carbonyl (C=O) groups excluding carboxylic acids is 1. The molecule has 1 aliphatic carbocycles. The summed E-state index contributed by atoms with van der Waals surface area (Å²) in [4.78, 5) is 11.6. The van der Waals surface area contributed by atoms with Gasteiger partial charge in [0.15, 0.2) is 0 Å². The van der Waals surface area contributed by atoms with Crippen molar-refractivity contribution in [1.82, 2.24) is 0 Å². The highest BCUT2D eigenvalue weighted by Crippen LogP contribution is 2.33. The van der Waals surface area contributed by atoms with Crippen LogP contribution in [-0.4, -0.2) is 31.9 Å². The Kier molecular flexibility index (Phi) is 5.54. The summed E-state index contributed by atoms with van der Waals surface area (Å²) in [5, 5.41) is 0.514. The Morgan fingerprint density at radius 1 is 1.31 bits per heavy atom. The highest BCUT2D eigenvalue weighted by Gasteiger charge is 2.43. The molecule has 0 spiro atoms. The van der Waals surface area contributed by atoms with Crippen LogP contribution in [0.25, 0.3) is 0 Å². The van der Waals surface area contributed by atoms with E-state index in [9.17, 15) is 4.79 Å². The maximum Gasteiger partial charge on any atom is 0.563 e. The van der Waals surface area contributed by atoms with Crippen LogP contribution in [0.5, 0.6) is 5.75 Å². The summed E-state index contributed by atoms with van der Waals surface area (Å²) in [6.07, 6.45) is 3.21. The molecule has 1 saturated heterocycles. The van der Waals surface area contributed by atoms with Crippen molar-refractivity contribution in [3.05, 3.63) is 35.6 Å². The molecular formula is C19H24BClO5. The van der Waals surface area contributed by atoms with Gasteiger partial charge in [0.05, 0.1) is 29.9 Å². The normalized spacial score (nSPS) is 24.9. The SMILES string of the molecule is C=C1OB(c2ccc(O[C@H]3CC[C@@H](C(=O)OC)CC3)c(Cl)c2)OC1(C)C. The first-order chi connectivity index (χ1) is 12.3. The van der Waals surface area contributed by atoms with E-state index in [0.29, 0.717) is 16.5 Å². The minimum absolute atomic E-state index is 0.0224. The minimum Gasteiger partial charge on any atom is -0.534 e. The van der Waals surface area contributed by atoms with Crippen LogP contribution < -0.4 is 10.2 Å². The zero-order valence-electron chi connectivity index (χ0n) is 15.4. The van der Waals surface area contributed by atoms with Gasteiger partial charge in [-0.1, -0.05) is 24.2 Å². The van der Waals surface area contributed by atoms with Crippen LogP contribution >= 0.6 is 11.6 Å². The number of carbonyl (C=O) groups is 1. The number of benzene rings is 1. The van der Waals surface area contributed by atoms with Crippen LogP contribution in [0.2, 0.25) is 5.02 Å². The van der Waals surface area contributed by atoms with E-state index in [0.717, 1.165) is 31.1 Å². The molecule has 1 aliphatic heterocycles. The lowest BCUT2D eigenvalue weighted by Crippen LogP contribution is -2.34. The average molecular weight is 379 g/mol. The van der Waals surface area contributed by atoms with Gasteiger partial charge in [-0.2, -0.15) is 0 Å². The van der Waals surface area contributed by atoms with Crippen LogP contribution in [0.3, 0.4) is 0 Å². The van der Waals surface area contributed by atoms with Gasteiger partial charge in [-0.15, -0.1) is 0 Å². The van der Waals surface area contributed by atoms with E-state index in [1.54, 1.807) is 6.07 Å². The molecule has 2 aliphatic rings. The maximum atomic E-state index is 11.6. The Morgan fingerprint density at radius 3 is 2.54 bits per heavy atom. The molecule has 7 heteroatoms. The molecule has 1 heterocycles. The highest BCUT2D eigenvalue weighted by atomic mass is 35.5. The second-order valence-electron chi connectivity index (χ2n) is 7.31. The van der Waals surface area contributed by atoms with Gasteiger partial charge in [0.1, 0.15) is 11.4 Å². The molecule has 1 aromatic carbocycles. The fraction of sp³-hybridized carbons (Fsp3) is 0.526. The molecule has 0 aromatic heterocycles. The molecule has 0 N–H and O–H groups in total. The van der Waals surface area contributed by atoms with Gasteiger partial charge >= 0.3 is 13.1 Å². The quantitative estimate of drug-likeness (QED) is 0.593. The summed E-state index contributed by atoms with van der Waals surface area (Å²) in [7, 11) is 0.917. The summed E-state index contributed by atoms with van der Waals surface area (Å²) in [5.74, 6) is 1.08. The van der Waals surface area contributed by atoms with Gasteiger partial charge in [-0.25, -0.2) is 0 Å². The van der Waals surface area contributed by atoms with Crippen LogP contribution in [0.4, 0.5) is 0 Å². The number of rotatable bonds is 4. The third kappa shape index (κ3) is 4.02. The fourth-order valence-electron chi connectivity index (χ4n) is 3.29. The summed E-state index contributed by atoms with van der Waals surface area (Å²) < 4.78 is 22.4. The van der Waals surface area contributed by atoms with E-state index in [4.69, 9.17) is 30.4 Å².